The smallest absolute Gasteiger partial charge is 0.255 e. The molecule has 0 aliphatic carbocycles. The first kappa shape index (κ1) is 16.1. The molecule has 4 aromatic rings. The van der Waals surface area contributed by atoms with Gasteiger partial charge < -0.3 is 14.3 Å². The van der Waals surface area contributed by atoms with Crippen molar-refractivity contribution < 1.29 is 9.21 Å². The molecular weight excluding hydrogens is 328 g/mol. The van der Waals surface area contributed by atoms with Gasteiger partial charge in [-0.1, -0.05) is 19.1 Å². The monoisotopic (exact) mass is 346 g/mol. The van der Waals surface area contributed by atoms with Crippen molar-refractivity contribution >= 4 is 22.7 Å². The summed E-state index contributed by atoms with van der Waals surface area (Å²) in [4.78, 5) is 21.0. The lowest BCUT2D eigenvalue weighted by Gasteiger charge is -2.07. The number of imidazole rings is 1. The highest BCUT2D eigenvalue weighted by atomic mass is 16.3. The second-order valence-corrected chi connectivity index (χ2v) is 6.03. The summed E-state index contributed by atoms with van der Waals surface area (Å²) in [7, 11) is 0. The normalized spacial score (nSPS) is 11.0. The number of nitrogens with one attached hydrogen (secondary N) is 1. The molecule has 0 fully saturated rings. The Morgan fingerprint density at radius 2 is 2.15 bits per heavy atom. The summed E-state index contributed by atoms with van der Waals surface area (Å²) >= 11 is 0. The molecule has 6 heteroatoms. The van der Waals surface area contributed by atoms with Crippen LogP contribution in [-0.4, -0.2) is 20.4 Å². The van der Waals surface area contributed by atoms with E-state index in [1.807, 2.05) is 54.1 Å². The molecule has 6 nitrogen and oxygen atoms in total. The van der Waals surface area contributed by atoms with Crippen LogP contribution in [-0.2, 0) is 13.0 Å². The van der Waals surface area contributed by atoms with Crippen molar-refractivity contribution in [2.75, 3.05) is 5.32 Å². The van der Waals surface area contributed by atoms with Crippen molar-refractivity contribution in [2.45, 2.75) is 19.9 Å². The van der Waals surface area contributed by atoms with Crippen LogP contribution in [0.2, 0.25) is 0 Å². The zero-order valence-electron chi connectivity index (χ0n) is 14.3. The minimum atomic E-state index is -0.156. The number of hydrogen-bond donors (Lipinski definition) is 1. The Kier molecular flexibility index (Phi) is 4.23. The fourth-order valence-corrected chi connectivity index (χ4v) is 2.81. The maximum Gasteiger partial charge on any atom is 0.255 e. The van der Waals surface area contributed by atoms with E-state index in [2.05, 4.69) is 15.3 Å². The number of aromatic nitrogens is 3. The van der Waals surface area contributed by atoms with Gasteiger partial charge in [0.05, 0.1) is 6.33 Å². The number of carbonyl (C=O) groups excluding carboxylic acids is 1. The third-order valence-electron chi connectivity index (χ3n) is 4.11. The molecule has 0 bridgehead atoms. The van der Waals surface area contributed by atoms with Gasteiger partial charge >= 0.3 is 0 Å². The molecule has 26 heavy (non-hydrogen) atoms. The van der Waals surface area contributed by atoms with Crippen LogP contribution in [0.15, 0.2) is 65.6 Å². The first-order chi connectivity index (χ1) is 12.7. The van der Waals surface area contributed by atoms with Gasteiger partial charge in [-0.05, 0) is 35.9 Å². The molecule has 0 saturated carbocycles. The molecule has 0 spiro atoms. The van der Waals surface area contributed by atoms with Crippen molar-refractivity contribution in [2.24, 2.45) is 0 Å². The molecule has 2 aromatic carbocycles. The maximum atomic E-state index is 12.6. The molecule has 0 atom stereocenters. The highest BCUT2D eigenvalue weighted by Gasteiger charge is 2.10. The molecule has 2 heterocycles. The van der Waals surface area contributed by atoms with Gasteiger partial charge in [-0.2, -0.15) is 0 Å². The van der Waals surface area contributed by atoms with E-state index in [9.17, 15) is 4.79 Å². The number of oxazole rings is 1. The molecule has 130 valence electrons. The van der Waals surface area contributed by atoms with Crippen LogP contribution >= 0.6 is 0 Å². The van der Waals surface area contributed by atoms with Crippen LogP contribution in [0.25, 0.3) is 11.1 Å². The van der Waals surface area contributed by atoms with E-state index >= 15 is 0 Å². The summed E-state index contributed by atoms with van der Waals surface area (Å²) in [6.07, 6.45) is 6.12. The number of fused-ring (bicyclic) bond motifs is 1. The molecule has 1 amide bonds. The Hall–Kier alpha value is -3.41. The number of aryl methyl sites for hydroxylation is 1. The molecule has 0 aliphatic heterocycles. The minimum absolute atomic E-state index is 0.156. The van der Waals surface area contributed by atoms with E-state index < -0.39 is 0 Å². The van der Waals surface area contributed by atoms with Crippen molar-refractivity contribution in [1.29, 1.82) is 0 Å². The fourth-order valence-electron chi connectivity index (χ4n) is 2.81. The average molecular weight is 346 g/mol. The van der Waals surface area contributed by atoms with Gasteiger partial charge in [0.15, 0.2) is 11.5 Å². The van der Waals surface area contributed by atoms with Crippen LogP contribution in [0, 0.1) is 0 Å². The van der Waals surface area contributed by atoms with Gasteiger partial charge in [-0.3, -0.25) is 4.79 Å². The van der Waals surface area contributed by atoms with Crippen molar-refractivity contribution in [1.82, 2.24) is 14.5 Å². The molecule has 1 N–H and O–H groups in total. The summed E-state index contributed by atoms with van der Waals surface area (Å²) in [5.74, 6) is 0.534. The van der Waals surface area contributed by atoms with Gasteiger partial charge in [0.1, 0.15) is 5.52 Å². The second kappa shape index (κ2) is 6.84. The third kappa shape index (κ3) is 3.35. The van der Waals surface area contributed by atoms with Crippen molar-refractivity contribution in [3.05, 3.63) is 78.2 Å². The summed E-state index contributed by atoms with van der Waals surface area (Å²) in [5.41, 5.74) is 3.81. The summed E-state index contributed by atoms with van der Waals surface area (Å²) in [6.45, 7) is 2.66. The molecule has 2 aromatic heterocycles. The standard InChI is InChI=1S/C20H18N4O2/c1-2-19-23-17-11-16(6-7-18(17)26-19)22-20(25)15-5-3-4-14(10-15)12-24-9-8-21-13-24/h3-11,13H,2,12H2,1H3,(H,22,25). The fraction of sp³-hybridized carbons (Fsp3) is 0.150. The number of benzene rings is 2. The number of amides is 1. The topological polar surface area (TPSA) is 73.0 Å². The van der Waals surface area contributed by atoms with Gasteiger partial charge in [0.2, 0.25) is 0 Å². The quantitative estimate of drug-likeness (QED) is 0.595. The van der Waals surface area contributed by atoms with Gasteiger partial charge in [-0.25, -0.2) is 9.97 Å². The number of anilines is 1. The van der Waals surface area contributed by atoms with E-state index in [1.54, 1.807) is 18.6 Å². The van der Waals surface area contributed by atoms with Crippen LogP contribution in [0.1, 0.15) is 28.7 Å². The van der Waals surface area contributed by atoms with E-state index in [0.717, 1.165) is 23.1 Å². The molecule has 0 saturated heterocycles. The lowest BCUT2D eigenvalue weighted by Crippen LogP contribution is -2.12. The first-order valence-electron chi connectivity index (χ1n) is 8.47. The van der Waals surface area contributed by atoms with E-state index in [4.69, 9.17) is 4.42 Å². The van der Waals surface area contributed by atoms with Crippen molar-refractivity contribution in [3.8, 4) is 0 Å². The average Bonchev–Trinajstić information content (AvgIpc) is 3.30. The lowest BCUT2D eigenvalue weighted by atomic mass is 10.1. The maximum absolute atomic E-state index is 12.6. The van der Waals surface area contributed by atoms with Crippen LogP contribution in [0.5, 0.6) is 0 Å². The molecular formula is C20H18N4O2. The molecule has 0 radical (unpaired) electrons. The number of carbonyl (C=O) groups is 1. The van der Waals surface area contributed by atoms with Gasteiger partial charge in [0, 0.05) is 36.6 Å². The van der Waals surface area contributed by atoms with Crippen LogP contribution in [0.3, 0.4) is 0 Å². The minimum Gasteiger partial charge on any atom is -0.441 e. The zero-order chi connectivity index (χ0) is 17.9. The number of hydrogen-bond acceptors (Lipinski definition) is 4. The molecule has 0 unspecified atom stereocenters. The largest absolute Gasteiger partial charge is 0.441 e. The summed E-state index contributed by atoms with van der Waals surface area (Å²) in [6, 6.07) is 13.0. The SMILES string of the molecule is CCc1nc2cc(NC(=O)c3cccc(Cn4ccnc4)c3)ccc2o1. The highest BCUT2D eigenvalue weighted by molar-refractivity contribution is 6.05. The lowest BCUT2D eigenvalue weighted by molar-refractivity contribution is 0.102. The van der Waals surface area contributed by atoms with E-state index in [0.29, 0.717) is 23.7 Å². The summed E-state index contributed by atoms with van der Waals surface area (Å²) in [5, 5.41) is 2.92. The van der Waals surface area contributed by atoms with Gasteiger partial charge in [-0.15, -0.1) is 0 Å². The van der Waals surface area contributed by atoms with Crippen LogP contribution < -0.4 is 5.32 Å². The zero-order valence-corrected chi connectivity index (χ0v) is 14.3. The second-order valence-electron chi connectivity index (χ2n) is 6.03. The molecule has 4 rings (SSSR count). The Morgan fingerprint density at radius 3 is 2.96 bits per heavy atom. The van der Waals surface area contributed by atoms with E-state index in [-0.39, 0.29) is 5.91 Å². The van der Waals surface area contributed by atoms with E-state index in [1.165, 1.54) is 0 Å². The molecule has 0 aliphatic rings. The first-order valence-corrected chi connectivity index (χ1v) is 8.47. The third-order valence-corrected chi connectivity index (χ3v) is 4.11. The summed E-state index contributed by atoms with van der Waals surface area (Å²) < 4.78 is 7.56. The van der Waals surface area contributed by atoms with Crippen molar-refractivity contribution in [3.63, 3.8) is 0 Å². The predicted molar refractivity (Wildman–Crippen MR) is 99.1 cm³/mol. The Balaban J connectivity index is 1.52. The van der Waals surface area contributed by atoms with Crippen LogP contribution in [0.4, 0.5) is 5.69 Å². The van der Waals surface area contributed by atoms with Gasteiger partial charge in [0.25, 0.3) is 5.91 Å². The Bertz CT molecular complexity index is 1050. The number of nitrogens with zero attached hydrogens (tertiary/aromatic N) is 3. The Morgan fingerprint density at radius 1 is 1.23 bits per heavy atom. The highest BCUT2D eigenvalue weighted by Crippen LogP contribution is 2.21. The number of rotatable bonds is 5. The predicted octanol–water partition coefficient (Wildman–Crippen LogP) is 3.89. The Labute approximate surface area is 150 Å².